The second kappa shape index (κ2) is 6.56. The van der Waals surface area contributed by atoms with E-state index in [1.807, 2.05) is 18.3 Å². The monoisotopic (exact) mass is 265 g/mol. The molecule has 0 aromatic carbocycles. The average molecular weight is 265 g/mol. The lowest BCUT2D eigenvalue weighted by Gasteiger charge is -2.17. The Bertz CT molecular complexity index is 453. The predicted octanol–water partition coefficient (Wildman–Crippen LogP) is 2.87. The second-order valence-corrected chi connectivity index (χ2v) is 5.08. The van der Waals surface area contributed by atoms with Crippen molar-refractivity contribution in [3.63, 3.8) is 0 Å². The molecular formula is C13H19N3OS. The SMILES string of the molecule is CCNCc1cnc(N(CC)Cc2ccco2)s1. The molecule has 0 amide bonds. The summed E-state index contributed by atoms with van der Waals surface area (Å²) in [7, 11) is 0. The molecule has 5 heteroatoms. The van der Waals surface area contributed by atoms with Crippen molar-refractivity contribution in [1.29, 1.82) is 0 Å². The first-order chi connectivity index (χ1) is 8.83. The Morgan fingerprint density at radius 1 is 1.44 bits per heavy atom. The van der Waals surface area contributed by atoms with Crippen LogP contribution in [-0.4, -0.2) is 18.1 Å². The lowest BCUT2D eigenvalue weighted by Crippen LogP contribution is -2.21. The third-order valence-electron chi connectivity index (χ3n) is 2.67. The van der Waals surface area contributed by atoms with Crippen LogP contribution in [0.2, 0.25) is 0 Å². The minimum Gasteiger partial charge on any atom is -0.467 e. The highest BCUT2D eigenvalue weighted by molar-refractivity contribution is 7.15. The van der Waals surface area contributed by atoms with Gasteiger partial charge in [-0.1, -0.05) is 6.92 Å². The maximum absolute atomic E-state index is 5.38. The summed E-state index contributed by atoms with van der Waals surface area (Å²) in [5, 5.41) is 4.37. The number of furan rings is 1. The number of hydrogen-bond donors (Lipinski definition) is 1. The molecule has 0 spiro atoms. The van der Waals surface area contributed by atoms with Crippen LogP contribution in [-0.2, 0) is 13.1 Å². The fourth-order valence-corrected chi connectivity index (χ4v) is 2.62. The molecule has 2 aromatic heterocycles. The van der Waals surface area contributed by atoms with Crippen molar-refractivity contribution in [1.82, 2.24) is 10.3 Å². The zero-order valence-electron chi connectivity index (χ0n) is 10.8. The van der Waals surface area contributed by atoms with Gasteiger partial charge in [-0.25, -0.2) is 4.98 Å². The number of nitrogens with zero attached hydrogens (tertiary/aromatic N) is 2. The third-order valence-corrected chi connectivity index (χ3v) is 3.73. The summed E-state index contributed by atoms with van der Waals surface area (Å²) < 4.78 is 5.38. The van der Waals surface area contributed by atoms with Gasteiger partial charge in [0.05, 0.1) is 12.8 Å². The average Bonchev–Trinajstić information content (AvgIpc) is 3.04. The zero-order valence-corrected chi connectivity index (χ0v) is 11.7. The summed E-state index contributed by atoms with van der Waals surface area (Å²) >= 11 is 1.74. The number of aromatic nitrogens is 1. The summed E-state index contributed by atoms with van der Waals surface area (Å²) in [6.45, 7) is 7.82. The molecule has 0 aliphatic carbocycles. The quantitative estimate of drug-likeness (QED) is 0.836. The molecule has 0 unspecified atom stereocenters. The Labute approximate surface area is 112 Å². The van der Waals surface area contributed by atoms with Gasteiger partial charge >= 0.3 is 0 Å². The molecule has 1 N–H and O–H groups in total. The van der Waals surface area contributed by atoms with E-state index in [-0.39, 0.29) is 0 Å². The highest BCUT2D eigenvalue weighted by Crippen LogP contribution is 2.24. The van der Waals surface area contributed by atoms with E-state index in [4.69, 9.17) is 4.42 Å². The van der Waals surface area contributed by atoms with Crippen LogP contribution in [0.5, 0.6) is 0 Å². The molecule has 0 bridgehead atoms. The van der Waals surface area contributed by atoms with Gasteiger partial charge in [-0.2, -0.15) is 0 Å². The Hall–Kier alpha value is -1.33. The van der Waals surface area contributed by atoms with Crippen LogP contribution in [0.15, 0.2) is 29.0 Å². The van der Waals surface area contributed by atoms with E-state index in [0.717, 1.165) is 37.1 Å². The number of nitrogens with one attached hydrogen (secondary N) is 1. The Balaban J connectivity index is 2.00. The number of anilines is 1. The molecule has 0 aliphatic heterocycles. The van der Waals surface area contributed by atoms with E-state index in [1.165, 1.54) is 4.88 Å². The smallest absolute Gasteiger partial charge is 0.185 e. The highest BCUT2D eigenvalue weighted by Gasteiger charge is 2.11. The Morgan fingerprint density at radius 2 is 2.33 bits per heavy atom. The van der Waals surface area contributed by atoms with Gasteiger partial charge in [-0.05, 0) is 25.6 Å². The molecule has 4 nitrogen and oxygen atoms in total. The van der Waals surface area contributed by atoms with Crippen molar-refractivity contribution in [3.05, 3.63) is 35.2 Å². The molecule has 0 radical (unpaired) electrons. The van der Waals surface area contributed by atoms with Gasteiger partial charge < -0.3 is 14.6 Å². The molecule has 0 aliphatic rings. The normalized spacial score (nSPS) is 10.8. The van der Waals surface area contributed by atoms with Crippen LogP contribution in [0, 0.1) is 0 Å². The van der Waals surface area contributed by atoms with Crippen molar-refractivity contribution >= 4 is 16.5 Å². The minimum absolute atomic E-state index is 0.775. The van der Waals surface area contributed by atoms with E-state index in [2.05, 4.69) is 29.0 Å². The number of hydrogen-bond acceptors (Lipinski definition) is 5. The largest absolute Gasteiger partial charge is 0.467 e. The molecular weight excluding hydrogens is 246 g/mol. The fourth-order valence-electron chi connectivity index (χ4n) is 1.68. The van der Waals surface area contributed by atoms with E-state index in [9.17, 15) is 0 Å². The van der Waals surface area contributed by atoms with Crippen LogP contribution in [0.25, 0.3) is 0 Å². The van der Waals surface area contributed by atoms with E-state index in [0.29, 0.717) is 0 Å². The predicted molar refractivity (Wildman–Crippen MR) is 74.9 cm³/mol. The van der Waals surface area contributed by atoms with Crippen molar-refractivity contribution in [2.45, 2.75) is 26.9 Å². The Morgan fingerprint density at radius 3 is 3.00 bits per heavy atom. The molecule has 2 rings (SSSR count). The van der Waals surface area contributed by atoms with Crippen molar-refractivity contribution in [3.8, 4) is 0 Å². The summed E-state index contributed by atoms with van der Waals surface area (Å²) in [6.07, 6.45) is 3.66. The first kappa shape index (κ1) is 13.1. The maximum atomic E-state index is 5.38. The maximum Gasteiger partial charge on any atom is 0.185 e. The standard InChI is InChI=1S/C13H19N3OS/c1-3-14-8-12-9-15-13(18-12)16(4-2)10-11-6-5-7-17-11/h5-7,9,14H,3-4,8,10H2,1-2H3. The zero-order chi connectivity index (χ0) is 12.8. The molecule has 2 aromatic rings. The first-order valence-electron chi connectivity index (χ1n) is 6.26. The fraction of sp³-hybridized carbons (Fsp3) is 0.462. The van der Waals surface area contributed by atoms with Gasteiger partial charge in [-0.3, -0.25) is 0 Å². The van der Waals surface area contributed by atoms with Gasteiger partial charge in [0.2, 0.25) is 0 Å². The topological polar surface area (TPSA) is 41.3 Å². The Kier molecular flexibility index (Phi) is 4.78. The van der Waals surface area contributed by atoms with Gasteiger partial charge in [0.25, 0.3) is 0 Å². The summed E-state index contributed by atoms with van der Waals surface area (Å²) in [5.41, 5.74) is 0. The van der Waals surface area contributed by atoms with E-state index in [1.54, 1.807) is 17.6 Å². The molecule has 0 saturated heterocycles. The highest BCUT2D eigenvalue weighted by atomic mass is 32.1. The summed E-state index contributed by atoms with van der Waals surface area (Å²) in [6, 6.07) is 3.91. The molecule has 18 heavy (non-hydrogen) atoms. The van der Waals surface area contributed by atoms with Gasteiger partial charge in [0, 0.05) is 24.2 Å². The van der Waals surface area contributed by atoms with Crippen LogP contribution >= 0.6 is 11.3 Å². The minimum atomic E-state index is 0.775. The molecule has 0 fully saturated rings. The van der Waals surface area contributed by atoms with Gasteiger partial charge in [-0.15, -0.1) is 11.3 Å². The molecule has 0 saturated carbocycles. The molecule has 98 valence electrons. The van der Waals surface area contributed by atoms with Crippen molar-refractivity contribution in [2.75, 3.05) is 18.0 Å². The van der Waals surface area contributed by atoms with Gasteiger partial charge in [0.15, 0.2) is 5.13 Å². The molecule has 0 atom stereocenters. The van der Waals surface area contributed by atoms with Crippen LogP contribution in [0.1, 0.15) is 24.5 Å². The second-order valence-electron chi connectivity index (χ2n) is 3.98. The number of rotatable bonds is 7. The van der Waals surface area contributed by atoms with Crippen LogP contribution in [0.3, 0.4) is 0 Å². The van der Waals surface area contributed by atoms with Crippen LogP contribution < -0.4 is 10.2 Å². The molecule has 2 heterocycles. The lowest BCUT2D eigenvalue weighted by molar-refractivity contribution is 0.503. The lowest BCUT2D eigenvalue weighted by atomic mass is 10.4. The summed E-state index contributed by atoms with van der Waals surface area (Å²) in [5.74, 6) is 0.972. The van der Waals surface area contributed by atoms with E-state index < -0.39 is 0 Å². The first-order valence-corrected chi connectivity index (χ1v) is 7.07. The number of thiazole rings is 1. The summed E-state index contributed by atoms with van der Waals surface area (Å²) in [4.78, 5) is 7.97. The van der Waals surface area contributed by atoms with E-state index >= 15 is 0 Å². The van der Waals surface area contributed by atoms with Crippen LogP contribution in [0.4, 0.5) is 5.13 Å². The van der Waals surface area contributed by atoms with Crippen molar-refractivity contribution in [2.24, 2.45) is 0 Å². The van der Waals surface area contributed by atoms with Gasteiger partial charge in [0.1, 0.15) is 5.76 Å². The van der Waals surface area contributed by atoms with Crippen molar-refractivity contribution < 1.29 is 4.42 Å². The third kappa shape index (κ3) is 3.34.